The van der Waals surface area contributed by atoms with Crippen LogP contribution in [-0.4, -0.2) is 6.21 Å². The van der Waals surface area contributed by atoms with Crippen LogP contribution in [0, 0.1) is 0 Å². The summed E-state index contributed by atoms with van der Waals surface area (Å²) in [6.45, 7) is 6.11. The Morgan fingerprint density at radius 2 is 2.10 bits per heavy atom. The van der Waals surface area contributed by atoms with Gasteiger partial charge in [-0.3, -0.25) is 4.99 Å². The number of nitrogens with zero attached hydrogens (tertiary/aromatic N) is 1. The van der Waals surface area contributed by atoms with Gasteiger partial charge in [0, 0.05) is 12.4 Å². The van der Waals surface area contributed by atoms with Crippen LogP contribution in [0.15, 0.2) is 28.9 Å². The highest BCUT2D eigenvalue weighted by Crippen LogP contribution is 1.95. The quantitative estimate of drug-likeness (QED) is 0.530. The van der Waals surface area contributed by atoms with Gasteiger partial charge in [0.25, 0.3) is 0 Å². The molecule has 0 aromatic carbocycles. The molecule has 0 unspecified atom stereocenters. The first kappa shape index (κ1) is 9.15. The van der Waals surface area contributed by atoms with E-state index in [1.807, 2.05) is 26.1 Å². The molecule has 10 heavy (non-hydrogen) atoms. The lowest BCUT2D eigenvalue weighted by Gasteiger charge is -1.89. The lowest BCUT2D eigenvalue weighted by molar-refractivity contribution is 1.17. The van der Waals surface area contributed by atoms with Crippen molar-refractivity contribution in [3.63, 3.8) is 0 Å². The van der Waals surface area contributed by atoms with Crippen LogP contribution >= 0.6 is 0 Å². The second-order valence-corrected chi connectivity index (χ2v) is 1.98. The topological polar surface area (TPSA) is 12.4 Å². The van der Waals surface area contributed by atoms with E-state index in [1.54, 1.807) is 6.20 Å². The van der Waals surface area contributed by atoms with E-state index in [0.29, 0.717) is 0 Å². The predicted octanol–water partition coefficient (Wildman–Crippen LogP) is 2.95. The molecule has 1 nitrogen and oxygen atoms in total. The van der Waals surface area contributed by atoms with Crippen molar-refractivity contribution in [2.45, 2.75) is 27.2 Å². The van der Waals surface area contributed by atoms with E-state index in [0.717, 1.165) is 6.42 Å². The summed E-state index contributed by atoms with van der Waals surface area (Å²) in [7, 11) is 0. The van der Waals surface area contributed by atoms with Gasteiger partial charge < -0.3 is 0 Å². The monoisotopic (exact) mass is 137 g/mol. The summed E-state index contributed by atoms with van der Waals surface area (Å²) in [6, 6.07) is 0. The van der Waals surface area contributed by atoms with Crippen LogP contribution in [0.5, 0.6) is 0 Å². The van der Waals surface area contributed by atoms with Gasteiger partial charge >= 0.3 is 0 Å². The van der Waals surface area contributed by atoms with Crippen LogP contribution in [0.25, 0.3) is 0 Å². The Morgan fingerprint density at radius 1 is 1.40 bits per heavy atom. The molecular formula is C9H15N. The first-order valence-corrected chi connectivity index (χ1v) is 3.64. The summed E-state index contributed by atoms with van der Waals surface area (Å²) in [5, 5.41) is 0. The van der Waals surface area contributed by atoms with Crippen molar-refractivity contribution in [2.75, 3.05) is 0 Å². The first-order valence-electron chi connectivity index (χ1n) is 3.64. The number of hydrogen-bond donors (Lipinski definition) is 0. The standard InChI is InChI=1S/C9H15N/c1-4-7-10-8-9(5-2)6-3/h4-5,7-8H,6H2,1-3H3/b7-4-,9-5+,10-8+. The fraction of sp³-hybridized carbons (Fsp3) is 0.444. The Morgan fingerprint density at radius 3 is 2.50 bits per heavy atom. The van der Waals surface area contributed by atoms with Gasteiger partial charge in [-0.25, -0.2) is 0 Å². The molecule has 1 heteroatoms. The minimum absolute atomic E-state index is 1.05. The van der Waals surface area contributed by atoms with Gasteiger partial charge in [-0.2, -0.15) is 0 Å². The molecule has 0 spiro atoms. The lowest BCUT2D eigenvalue weighted by atomic mass is 10.2. The maximum Gasteiger partial charge on any atom is 0.0296 e. The van der Waals surface area contributed by atoms with Crippen molar-refractivity contribution in [1.82, 2.24) is 0 Å². The van der Waals surface area contributed by atoms with Gasteiger partial charge in [0.1, 0.15) is 0 Å². The van der Waals surface area contributed by atoms with E-state index < -0.39 is 0 Å². The van der Waals surface area contributed by atoms with Crippen molar-refractivity contribution in [2.24, 2.45) is 4.99 Å². The molecule has 0 aromatic rings. The average Bonchev–Trinajstić information content (AvgIpc) is 1.99. The summed E-state index contributed by atoms with van der Waals surface area (Å²) < 4.78 is 0. The van der Waals surface area contributed by atoms with E-state index in [-0.39, 0.29) is 0 Å². The highest BCUT2D eigenvalue weighted by atomic mass is 14.7. The molecular weight excluding hydrogens is 122 g/mol. The van der Waals surface area contributed by atoms with Gasteiger partial charge in [-0.1, -0.05) is 19.1 Å². The Kier molecular flexibility index (Phi) is 5.74. The molecule has 0 atom stereocenters. The molecule has 0 bridgehead atoms. The molecule has 0 fully saturated rings. The summed E-state index contributed by atoms with van der Waals surface area (Å²) in [5.41, 5.74) is 1.28. The third-order valence-corrected chi connectivity index (χ3v) is 1.25. The minimum atomic E-state index is 1.05. The highest BCUT2D eigenvalue weighted by molar-refractivity contribution is 5.78. The summed E-state index contributed by atoms with van der Waals surface area (Å²) in [6.07, 6.45) is 8.73. The smallest absolute Gasteiger partial charge is 0.0296 e. The van der Waals surface area contributed by atoms with E-state index in [2.05, 4.69) is 18.0 Å². The Hall–Kier alpha value is -0.850. The third-order valence-electron chi connectivity index (χ3n) is 1.25. The average molecular weight is 137 g/mol. The van der Waals surface area contributed by atoms with E-state index in [1.165, 1.54) is 5.57 Å². The van der Waals surface area contributed by atoms with Crippen LogP contribution in [0.3, 0.4) is 0 Å². The fourth-order valence-electron chi connectivity index (χ4n) is 0.595. The van der Waals surface area contributed by atoms with Crippen LogP contribution in [0.1, 0.15) is 27.2 Å². The van der Waals surface area contributed by atoms with Crippen molar-refractivity contribution < 1.29 is 0 Å². The molecule has 0 heterocycles. The third kappa shape index (κ3) is 4.07. The maximum absolute atomic E-state index is 4.06. The molecule has 56 valence electrons. The summed E-state index contributed by atoms with van der Waals surface area (Å²) in [4.78, 5) is 4.06. The molecule has 0 aromatic heterocycles. The van der Waals surface area contributed by atoms with Gasteiger partial charge in [0.15, 0.2) is 0 Å². The van der Waals surface area contributed by atoms with Crippen molar-refractivity contribution in [3.05, 3.63) is 23.9 Å². The molecule has 0 saturated heterocycles. The zero-order chi connectivity index (χ0) is 7.82. The number of aliphatic imine (C=N–C) groups is 1. The minimum Gasteiger partial charge on any atom is -0.265 e. The van der Waals surface area contributed by atoms with Crippen LogP contribution in [0.2, 0.25) is 0 Å². The normalized spacial score (nSPS) is 13.7. The molecule has 0 amide bonds. The van der Waals surface area contributed by atoms with Gasteiger partial charge in [0.2, 0.25) is 0 Å². The predicted molar refractivity (Wildman–Crippen MR) is 47.4 cm³/mol. The van der Waals surface area contributed by atoms with E-state index >= 15 is 0 Å². The second kappa shape index (κ2) is 6.27. The molecule has 0 aliphatic carbocycles. The summed E-state index contributed by atoms with van der Waals surface area (Å²) in [5.74, 6) is 0. The SMILES string of the molecule is C\C=C/N=C/C(=C/C)CC. The first-order chi connectivity index (χ1) is 4.85. The van der Waals surface area contributed by atoms with Gasteiger partial charge in [-0.15, -0.1) is 0 Å². The van der Waals surface area contributed by atoms with Gasteiger partial charge in [0.05, 0.1) is 0 Å². The molecule has 0 rings (SSSR count). The summed E-state index contributed by atoms with van der Waals surface area (Å²) >= 11 is 0. The molecule has 0 radical (unpaired) electrons. The van der Waals surface area contributed by atoms with Crippen molar-refractivity contribution in [1.29, 1.82) is 0 Å². The maximum atomic E-state index is 4.06. The van der Waals surface area contributed by atoms with Crippen molar-refractivity contribution in [3.8, 4) is 0 Å². The molecule has 0 saturated carbocycles. The highest BCUT2D eigenvalue weighted by Gasteiger charge is 1.81. The Labute approximate surface area is 63.2 Å². The van der Waals surface area contributed by atoms with Gasteiger partial charge in [-0.05, 0) is 25.8 Å². The zero-order valence-corrected chi connectivity index (χ0v) is 6.96. The van der Waals surface area contributed by atoms with Crippen LogP contribution < -0.4 is 0 Å². The Bertz CT molecular complexity index is 152. The largest absolute Gasteiger partial charge is 0.265 e. The number of rotatable bonds is 3. The molecule has 0 N–H and O–H groups in total. The van der Waals surface area contributed by atoms with Crippen LogP contribution in [-0.2, 0) is 0 Å². The van der Waals surface area contributed by atoms with E-state index in [9.17, 15) is 0 Å². The second-order valence-electron chi connectivity index (χ2n) is 1.98. The molecule has 0 aliphatic heterocycles. The number of hydrogen-bond acceptors (Lipinski definition) is 1. The Balaban J connectivity index is 3.85. The molecule has 0 aliphatic rings. The van der Waals surface area contributed by atoms with Crippen LogP contribution in [0.4, 0.5) is 0 Å². The zero-order valence-electron chi connectivity index (χ0n) is 6.96. The van der Waals surface area contributed by atoms with Crippen molar-refractivity contribution >= 4 is 6.21 Å². The fourth-order valence-corrected chi connectivity index (χ4v) is 0.595. The lowest BCUT2D eigenvalue weighted by Crippen LogP contribution is -1.78. The number of allylic oxidation sites excluding steroid dienone is 3. The van der Waals surface area contributed by atoms with E-state index in [4.69, 9.17) is 0 Å².